The predicted octanol–water partition coefficient (Wildman–Crippen LogP) is 4.57. The molecule has 0 radical (unpaired) electrons. The molecule has 3 aromatic carbocycles. The van der Waals surface area contributed by atoms with Crippen molar-refractivity contribution in [1.29, 1.82) is 0 Å². The Morgan fingerprint density at radius 2 is 1.48 bits per heavy atom. The maximum absolute atomic E-state index is 13.6. The van der Waals surface area contributed by atoms with Gasteiger partial charge in [0.1, 0.15) is 27.4 Å². The van der Waals surface area contributed by atoms with E-state index in [1.807, 2.05) is 74.5 Å². The van der Waals surface area contributed by atoms with Gasteiger partial charge in [-0.1, -0.05) is 74.5 Å². The van der Waals surface area contributed by atoms with Gasteiger partial charge in [-0.3, -0.25) is 0 Å². The Bertz CT molecular complexity index is 1320. The number of nitrogens with one attached hydrogen (secondary N) is 1. The minimum Gasteiger partial charge on any atom is -0.497 e. The first-order valence-corrected chi connectivity index (χ1v) is 16.2. The number of para-hydroxylation sites is 1. The van der Waals surface area contributed by atoms with Crippen molar-refractivity contribution in [2.24, 2.45) is 11.7 Å². The summed E-state index contributed by atoms with van der Waals surface area (Å²) < 4.78 is 42.7. The van der Waals surface area contributed by atoms with Crippen LogP contribution in [0.3, 0.4) is 0 Å². The van der Waals surface area contributed by atoms with Crippen LogP contribution in [-0.4, -0.2) is 57.8 Å². The zero-order valence-electron chi connectivity index (χ0n) is 24.8. The molecular weight excluding hydrogens is 552 g/mol. The Balaban J connectivity index is 1.74. The molecule has 0 saturated heterocycles. The fourth-order valence-corrected chi connectivity index (χ4v) is 5.96. The number of carbonyl (C=O) groups excluding carboxylic acids is 1. The van der Waals surface area contributed by atoms with Crippen molar-refractivity contribution in [3.8, 4) is 11.5 Å². The maximum Gasteiger partial charge on any atom is 0.347 e. The average Bonchev–Trinajstić information content (AvgIpc) is 2.99. The molecule has 3 atom stereocenters. The molecule has 0 aliphatic carbocycles. The number of methoxy groups -OCH3 is 1. The van der Waals surface area contributed by atoms with Gasteiger partial charge in [-0.05, 0) is 54.2 Å². The quantitative estimate of drug-likeness (QED) is 0.205. The summed E-state index contributed by atoms with van der Waals surface area (Å²) in [7, 11) is -1.75. The van der Waals surface area contributed by atoms with Gasteiger partial charge >= 0.3 is 5.97 Å². The molecule has 0 spiro atoms. The Kier molecular flexibility index (Phi) is 13.3. The molecule has 8 nitrogen and oxygen atoms in total. The fourth-order valence-electron chi connectivity index (χ4n) is 4.36. The minimum absolute atomic E-state index is 0.0218. The minimum atomic E-state index is -3.37. The maximum atomic E-state index is 13.6. The molecule has 9 heteroatoms. The molecule has 0 bridgehead atoms. The van der Waals surface area contributed by atoms with Crippen molar-refractivity contribution in [1.82, 2.24) is 5.32 Å². The summed E-state index contributed by atoms with van der Waals surface area (Å²) in [6.07, 6.45) is -0.764. The van der Waals surface area contributed by atoms with Crippen molar-refractivity contribution in [2.75, 3.05) is 25.2 Å². The largest absolute Gasteiger partial charge is 0.497 e. The third kappa shape index (κ3) is 11.8. The Morgan fingerprint density at radius 3 is 2.14 bits per heavy atom. The standard InChI is InChI=1S/C33H44N2O6S/c1-25(2)17-19-42(37,38)20-18-31(40-28-14-8-5-9-15-28)33(36)41-32(30(34)22-26-11-6-4-7-12-26)24-35-23-27-13-10-16-29(21-27)39-3/h4-16,21,25,30-32,35H,17-20,22-24,34H2,1-3H3. The van der Waals surface area contributed by atoms with Crippen LogP contribution in [0.5, 0.6) is 11.5 Å². The molecule has 3 N–H and O–H groups in total. The van der Waals surface area contributed by atoms with Crippen LogP contribution in [0.2, 0.25) is 0 Å². The normalized spacial score (nSPS) is 13.7. The Hall–Kier alpha value is -3.40. The van der Waals surface area contributed by atoms with Gasteiger partial charge in [-0.2, -0.15) is 0 Å². The van der Waals surface area contributed by atoms with E-state index in [4.69, 9.17) is 19.9 Å². The van der Waals surface area contributed by atoms with Gasteiger partial charge in [-0.25, -0.2) is 13.2 Å². The third-order valence-electron chi connectivity index (χ3n) is 6.85. The molecule has 0 amide bonds. The van der Waals surface area contributed by atoms with E-state index in [2.05, 4.69) is 5.32 Å². The average molecular weight is 597 g/mol. The van der Waals surface area contributed by atoms with Crippen molar-refractivity contribution >= 4 is 15.8 Å². The molecule has 0 saturated carbocycles. The van der Waals surface area contributed by atoms with Crippen LogP contribution in [0.15, 0.2) is 84.9 Å². The van der Waals surface area contributed by atoms with Crippen LogP contribution in [-0.2, 0) is 32.3 Å². The molecule has 42 heavy (non-hydrogen) atoms. The van der Waals surface area contributed by atoms with E-state index < -0.39 is 34.1 Å². The highest BCUT2D eigenvalue weighted by atomic mass is 32.2. The van der Waals surface area contributed by atoms with Crippen LogP contribution >= 0.6 is 0 Å². The summed E-state index contributed by atoms with van der Waals surface area (Å²) in [5.74, 6) is 0.715. The molecule has 3 rings (SSSR count). The van der Waals surface area contributed by atoms with E-state index in [-0.39, 0.29) is 23.8 Å². The van der Waals surface area contributed by atoms with Crippen molar-refractivity contribution in [3.63, 3.8) is 0 Å². The Labute approximate surface area is 250 Å². The summed E-state index contributed by atoms with van der Waals surface area (Å²) in [6.45, 7) is 4.77. The van der Waals surface area contributed by atoms with Crippen LogP contribution in [0.4, 0.5) is 0 Å². The van der Waals surface area contributed by atoms with Crippen molar-refractivity contribution in [3.05, 3.63) is 96.1 Å². The molecule has 0 heterocycles. The number of esters is 1. The summed E-state index contributed by atoms with van der Waals surface area (Å²) in [6, 6.07) is 25.8. The first-order valence-electron chi connectivity index (χ1n) is 14.4. The number of hydrogen-bond donors (Lipinski definition) is 2. The number of hydrogen-bond acceptors (Lipinski definition) is 8. The first kappa shape index (κ1) is 33.1. The van der Waals surface area contributed by atoms with E-state index in [9.17, 15) is 13.2 Å². The number of sulfone groups is 1. The summed E-state index contributed by atoms with van der Waals surface area (Å²) in [5.41, 5.74) is 8.64. The highest BCUT2D eigenvalue weighted by Crippen LogP contribution is 2.17. The molecule has 0 fully saturated rings. The molecule has 0 aromatic heterocycles. The molecule has 0 aliphatic heterocycles. The lowest BCUT2D eigenvalue weighted by Crippen LogP contribution is -2.48. The van der Waals surface area contributed by atoms with Gasteiger partial charge < -0.3 is 25.3 Å². The van der Waals surface area contributed by atoms with Crippen molar-refractivity contribution < 1.29 is 27.4 Å². The lowest BCUT2D eigenvalue weighted by atomic mass is 10.0. The highest BCUT2D eigenvalue weighted by molar-refractivity contribution is 7.91. The van der Waals surface area contributed by atoms with E-state index in [1.165, 1.54) is 0 Å². The SMILES string of the molecule is COc1cccc(CNCC(OC(=O)C(CCS(=O)(=O)CCC(C)C)Oc2ccccc2)C(N)Cc2ccccc2)c1. The summed E-state index contributed by atoms with van der Waals surface area (Å²) >= 11 is 0. The molecule has 0 aliphatic rings. The number of ether oxygens (including phenoxy) is 3. The van der Waals surface area contributed by atoms with Gasteiger partial charge in [0.15, 0.2) is 6.10 Å². The summed E-state index contributed by atoms with van der Waals surface area (Å²) in [4.78, 5) is 13.6. The van der Waals surface area contributed by atoms with Crippen LogP contribution in [0.1, 0.15) is 37.8 Å². The third-order valence-corrected chi connectivity index (χ3v) is 8.57. The summed E-state index contributed by atoms with van der Waals surface area (Å²) in [5, 5.41) is 3.35. The smallest absolute Gasteiger partial charge is 0.347 e. The van der Waals surface area contributed by atoms with E-state index >= 15 is 0 Å². The van der Waals surface area contributed by atoms with Crippen LogP contribution < -0.4 is 20.5 Å². The number of rotatable bonds is 18. The van der Waals surface area contributed by atoms with Gasteiger partial charge in [0.2, 0.25) is 0 Å². The predicted molar refractivity (Wildman–Crippen MR) is 166 cm³/mol. The topological polar surface area (TPSA) is 117 Å². The lowest BCUT2D eigenvalue weighted by Gasteiger charge is -2.27. The van der Waals surface area contributed by atoms with Gasteiger partial charge in [-0.15, -0.1) is 0 Å². The zero-order valence-corrected chi connectivity index (χ0v) is 25.6. The van der Waals surface area contributed by atoms with E-state index in [1.54, 1.807) is 31.4 Å². The fraction of sp³-hybridized carbons (Fsp3) is 0.424. The first-order chi connectivity index (χ1) is 20.1. The van der Waals surface area contributed by atoms with Crippen LogP contribution in [0.25, 0.3) is 0 Å². The highest BCUT2D eigenvalue weighted by Gasteiger charge is 2.30. The monoisotopic (exact) mass is 596 g/mol. The van der Waals surface area contributed by atoms with Crippen LogP contribution in [0, 0.1) is 5.92 Å². The molecule has 3 aromatic rings. The van der Waals surface area contributed by atoms with Gasteiger partial charge in [0.05, 0.1) is 18.6 Å². The van der Waals surface area contributed by atoms with E-state index in [0.29, 0.717) is 31.7 Å². The second kappa shape index (κ2) is 16.9. The van der Waals surface area contributed by atoms with Gasteiger partial charge in [0, 0.05) is 25.6 Å². The molecule has 228 valence electrons. The number of benzene rings is 3. The Morgan fingerprint density at radius 1 is 0.857 bits per heavy atom. The van der Waals surface area contributed by atoms with Gasteiger partial charge in [0.25, 0.3) is 0 Å². The van der Waals surface area contributed by atoms with Crippen molar-refractivity contribution in [2.45, 2.75) is 57.9 Å². The lowest BCUT2D eigenvalue weighted by molar-refractivity contribution is -0.158. The molecule has 3 unspecified atom stereocenters. The second-order valence-electron chi connectivity index (χ2n) is 10.9. The number of nitrogens with two attached hydrogens (primary N) is 1. The number of carbonyl (C=O) groups is 1. The second-order valence-corrected chi connectivity index (χ2v) is 13.2. The molecular formula is C33H44N2O6S. The zero-order chi connectivity index (χ0) is 30.4. The van der Waals surface area contributed by atoms with E-state index in [0.717, 1.165) is 16.9 Å².